The Labute approximate surface area is 201 Å². The Morgan fingerprint density at radius 3 is 2.41 bits per heavy atom. The van der Waals surface area contributed by atoms with Gasteiger partial charge < -0.3 is 9.64 Å². The smallest absolute Gasteiger partial charge is 0.131 e. The fraction of sp³-hybridized carbons (Fsp3) is 0.321. The fourth-order valence-electron chi connectivity index (χ4n) is 3.94. The SMILES string of the molecule is CC1=CC(OCc2ccc(F)cc2)=C(C)CN1c1cc(-c2nc(C(C)C)ncc2C)ncc1C. The van der Waals surface area contributed by atoms with E-state index in [9.17, 15) is 4.39 Å². The van der Waals surface area contributed by atoms with E-state index in [-0.39, 0.29) is 11.7 Å². The van der Waals surface area contributed by atoms with Crippen molar-refractivity contribution in [3.63, 3.8) is 0 Å². The molecular formula is C28H31FN4O. The predicted molar refractivity (Wildman–Crippen MR) is 134 cm³/mol. The lowest BCUT2D eigenvalue weighted by atomic mass is 10.1. The van der Waals surface area contributed by atoms with E-state index in [1.807, 2.05) is 19.3 Å². The van der Waals surface area contributed by atoms with Crippen molar-refractivity contribution < 1.29 is 9.13 Å². The summed E-state index contributed by atoms with van der Waals surface area (Å²) < 4.78 is 19.2. The minimum absolute atomic E-state index is 0.243. The third-order valence-corrected chi connectivity index (χ3v) is 6.00. The fourth-order valence-corrected chi connectivity index (χ4v) is 3.94. The van der Waals surface area contributed by atoms with Gasteiger partial charge >= 0.3 is 0 Å². The lowest BCUT2D eigenvalue weighted by molar-refractivity contribution is 0.206. The van der Waals surface area contributed by atoms with Crippen molar-refractivity contribution in [2.45, 2.75) is 54.1 Å². The van der Waals surface area contributed by atoms with E-state index in [1.165, 1.54) is 12.1 Å². The van der Waals surface area contributed by atoms with Gasteiger partial charge in [-0.1, -0.05) is 26.0 Å². The minimum Gasteiger partial charge on any atom is -0.489 e. The molecule has 0 saturated heterocycles. The van der Waals surface area contributed by atoms with Crippen LogP contribution in [-0.4, -0.2) is 21.5 Å². The molecule has 0 bridgehead atoms. The minimum atomic E-state index is -0.243. The first-order chi connectivity index (χ1) is 16.2. The summed E-state index contributed by atoms with van der Waals surface area (Å²) in [5, 5.41) is 0. The average Bonchev–Trinajstić information content (AvgIpc) is 2.81. The Balaban J connectivity index is 1.59. The Kier molecular flexibility index (Phi) is 6.77. The highest BCUT2D eigenvalue weighted by Gasteiger charge is 2.21. The standard InChI is InChI=1S/C28H31FN4O/c1-17(2)28-31-14-19(4)27(32-28)24-12-25(18(3)13-30-24)33-15-20(5)26(11-21(33)6)34-16-22-7-9-23(29)10-8-22/h7-14,17H,15-16H2,1-6H3. The summed E-state index contributed by atoms with van der Waals surface area (Å²) in [6.45, 7) is 13.6. The lowest BCUT2D eigenvalue weighted by Crippen LogP contribution is -2.28. The van der Waals surface area contributed by atoms with Crippen molar-refractivity contribution >= 4 is 5.69 Å². The van der Waals surface area contributed by atoms with Gasteiger partial charge in [-0.05, 0) is 74.2 Å². The molecule has 0 atom stereocenters. The van der Waals surface area contributed by atoms with Gasteiger partial charge in [-0.3, -0.25) is 4.98 Å². The number of nitrogens with zero attached hydrogens (tertiary/aromatic N) is 4. The molecule has 0 fully saturated rings. The van der Waals surface area contributed by atoms with E-state index < -0.39 is 0 Å². The first-order valence-corrected chi connectivity index (χ1v) is 11.6. The number of aromatic nitrogens is 3. The van der Waals surface area contributed by atoms with E-state index in [0.717, 1.165) is 56.6 Å². The van der Waals surface area contributed by atoms with Crippen LogP contribution in [0.2, 0.25) is 0 Å². The van der Waals surface area contributed by atoms with E-state index in [4.69, 9.17) is 14.7 Å². The molecule has 3 aromatic rings. The summed E-state index contributed by atoms with van der Waals surface area (Å²) in [6, 6.07) is 8.52. The van der Waals surface area contributed by atoms with Gasteiger partial charge in [0.05, 0.1) is 11.4 Å². The first-order valence-electron chi connectivity index (χ1n) is 11.6. The predicted octanol–water partition coefficient (Wildman–Crippen LogP) is 6.63. The van der Waals surface area contributed by atoms with Gasteiger partial charge in [0, 0.05) is 36.2 Å². The molecule has 0 N–H and O–H groups in total. The summed E-state index contributed by atoms with van der Waals surface area (Å²) in [4.78, 5) is 16.2. The number of aryl methyl sites for hydroxylation is 2. The van der Waals surface area contributed by atoms with Crippen molar-refractivity contribution in [3.8, 4) is 11.4 Å². The molecule has 0 spiro atoms. The van der Waals surface area contributed by atoms with Gasteiger partial charge in [-0.15, -0.1) is 0 Å². The highest BCUT2D eigenvalue weighted by Crippen LogP contribution is 2.33. The Morgan fingerprint density at radius 1 is 1.00 bits per heavy atom. The van der Waals surface area contributed by atoms with Crippen LogP contribution in [0, 0.1) is 19.7 Å². The highest BCUT2D eigenvalue weighted by molar-refractivity contribution is 5.68. The summed E-state index contributed by atoms with van der Waals surface area (Å²) in [7, 11) is 0. The van der Waals surface area contributed by atoms with Crippen LogP contribution in [0.15, 0.2) is 65.8 Å². The van der Waals surface area contributed by atoms with Crippen LogP contribution >= 0.6 is 0 Å². The number of rotatable bonds is 6. The number of anilines is 1. The van der Waals surface area contributed by atoms with Gasteiger partial charge in [0.25, 0.3) is 0 Å². The number of pyridine rings is 1. The second-order valence-corrected chi connectivity index (χ2v) is 9.20. The number of benzene rings is 1. The van der Waals surface area contributed by atoms with Crippen LogP contribution < -0.4 is 4.90 Å². The average molecular weight is 459 g/mol. The van der Waals surface area contributed by atoms with Crippen LogP contribution in [0.25, 0.3) is 11.4 Å². The molecule has 6 heteroatoms. The third kappa shape index (κ3) is 5.01. The molecule has 1 aromatic carbocycles. The molecule has 0 radical (unpaired) electrons. The molecule has 1 aliphatic heterocycles. The van der Waals surface area contributed by atoms with Gasteiger partial charge in [-0.2, -0.15) is 0 Å². The molecule has 0 unspecified atom stereocenters. The maximum atomic E-state index is 13.2. The van der Waals surface area contributed by atoms with Crippen LogP contribution in [0.1, 0.15) is 56.1 Å². The van der Waals surface area contributed by atoms with E-state index in [1.54, 1.807) is 12.1 Å². The molecule has 34 heavy (non-hydrogen) atoms. The van der Waals surface area contributed by atoms with E-state index >= 15 is 0 Å². The van der Waals surface area contributed by atoms with Gasteiger partial charge in [0.15, 0.2) is 0 Å². The zero-order valence-corrected chi connectivity index (χ0v) is 20.7. The number of allylic oxidation sites excluding steroid dienone is 2. The maximum absolute atomic E-state index is 13.2. The molecular weight excluding hydrogens is 427 g/mol. The van der Waals surface area contributed by atoms with Crippen molar-refractivity contribution in [2.24, 2.45) is 0 Å². The molecule has 0 saturated carbocycles. The zero-order chi connectivity index (χ0) is 24.4. The molecule has 3 heterocycles. The van der Waals surface area contributed by atoms with Crippen LogP contribution in [0.4, 0.5) is 10.1 Å². The second kappa shape index (κ2) is 9.75. The maximum Gasteiger partial charge on any atom is 0.131 e. The highest BCUT2D eigenvalue weighted by atomic mass is 19.1. The number of hydrogen-bond donors (Lipinski definition) is 0. The normalized spacial score (nSPS) is 14.0. The molecule has 0 amide bonds. The van der Waals surface area contributed by atoms with Gasteiger partial charge in [0.2, 0.25) is 0 Å². The quantitative estimate of drug-likeness (QED) is 0.415. The number of ether oxygens (including phenoxy) is 1. The molecule has 1 aliphatic rings. The molecule has 2 aromatic heterocycles. The van der Waals surface area contributed by atoms with Gasteiger partial charge in [0.1, 0.15) is 24.0 Å². The van der Waals surface area contributed by atoms with Crippen LogP contribution in [0.5, 0.6) is 0 Å². The van der Waals surface area contributed by atoms with Gasteiger partial charge in [-0.25, -0.2) is 14.4 Å². The second-order valence-electron chi connectivity index (χ2n) is 9.20. The molecule has 4 rings (SSSR count). The Bertz CT molecular complexity index is 1260. The first kappa shape index (κ1) is 23.6. The van der Waals surface area contributed by atoms with Crippen LogP contribution in [-0.2, 0) is 11.3 Å². The number of hydrogen-bond acceptors (Lipinski definition) is 5. The van der Waals surface area contributed by atoms with Crippen molar-refractivity contribution in [3.05, 3.63) is 94.2 Å². The summed E-state index contributed by atoms with van der Waals surface area (Å²) in [5.41, 5.74) is 8.06. The summed E-state index contributed by atoms with van der Waals surface area (Å²) >= 11 is 0. The third-order valence-electron chi connectivity index (χ3n) is 6.00. The lowest BCUT2D eigenvalue weighted by Gasteiger charge is -2.32. The number of halogens is 1. The largest absolute Gasteiger partial charge is 0.489 e. The Morgan fingerprint density at radius 2 is 1.71 bits per heavy atom. The monoisotopic (exact) mass is 458 g/mol. The van der Waals surface area contributed by atoms with Crippen molar-refractivity contribution in [1.29, 1.82) is 0 Å². The van der Waals surface area contributed by atoms with Crippen molar-refractivity contribution in [2.75, 3.05) is 11.4 Å². The summed E-state index contributed by atoms with van der Waals surface area (Å²) in [5.74, 6) is 1.68. The zero-order valence-electron chi connectivity index (χ0n) is 20.7. The topological polar surface area (TPSA) is 51.1 Å². The molecule has 176 valence electrons. The van der Waals surface area contributed by atoms with E-state index in [0.29, 0.717) is 13.2 Å². The molecule has 0 aliphatic carbocycles. The molecule has 5 nitrogen and oxygen atoms in total. The van der Waals surface area contributed by atoms with Crippen LogP contribution in [0.3, 0.4) is 0 Å². The van der Waals surface area contributed by atoms with Crippen molar-refractivity contribution in [1.82, 2.24) is 15.0 Å². The summed E-state index contributed by atoms with van der Waals surface area (Å²) in [6.07, 6.45) is 5.85. The Hall–Kier alpha value is -3.54. The van der Waals surface area contributed by atoms with E-state index in [2.05, 4.69) is 56.6 Å².